The molecule has 0 saturated carbocycles. The van der Waals surface area contributed by atoms with Gasteiger partial charge < -0.3 is 15.0 Å². The molecule has 1 atom stereocenters. The maximum absolute atomic E-state index is 5.39. The first-order valence-electron chi connectivity index (χ1n) is 6.73. The molecule has 0 spiro atoms. The smallest absolute Gasteiger partial charge is 0.142 e. The van der Waals surface area contributed by atoms with Gasteiger partial charge in [-0.05, 0) is 37.6 Å². The predicted molar refractivity (Wildman–Crippen MR) is 78.6 cm³/mol. The fraction of sp³-hybridized carbons (Fsp3) is 0.600. The zero-order valence-electron chi connectivity index (χ0n) is 12.1. The van der Waals surface area contributed by atoms with Gasteiger partial charge in [0.15, 0.2) is 0 Å². The van der Waals surface area contributed by atoms with Crippen LogP contribution < -0.4 is 15.0 Å². The maximum atomic E-state index is 5.39. The Bertz CT molecular complexity index is 341. The van der Waals surface area contributed by atoms with Crippen LogP contribution in [0.3, 0.4) is 0 Å². The largest absolute Gasteiger partial charge is 0.495 e. The van der Waals surface area contributed by atoms with Crippen LogP contribution in [0.1, 0.15) is 20.3 Å². The Morgan fingerprint density at radius 3 is 2.72 bits per heavy atom. The molecule has 102 valence electrons. The summed E-state index contributed by atoms with van der Waals surface area (Å²) in [6.07, 6.45) is 1.19. The van der Waals surface area contributed by atoms with E-state index in [9.17, 15) is 0 Å². The number of nitrogens with zero attached hydrogens (tertiary/aromatic N) is 1. The predicted octanol–water partition coefficient (Wildman–Crippen LogP) is 2.77. The van der Waals surface area contributed by atoms with Gasteiger partial charge in [0.1, 0.15) is 5.75 Å². The zero-order valence-corrected chi connectivity index (χ0v) is 12.1. The summed E-state index contributed by atoms with van der Waals surface area (Å²) in [6.45, 7) is 7.65. The lowest BCUT2D eigenvalue weighted by molar-refractivity contribution is 0.413. The number of nitrogens with one attached hydrogen (secondary N) is 1. The first kappa shape index (κ1) is 14.8. The van der Waals surface area contributed by atoms with Crippen LogP contribution in [0.2, 0.25) is 0 Å². The average Bonchev–Trinajstić information content (AvgIpc) is 2.39. The standard InChI is InChI=1S/C15H26N2O/c1-5-10-16-11-13(2)12-17(3)14-8-6-7-9-15(14)18-4/h6-9,13,16H,5,10-12H2,1-4H3. The number of para-hydroxylation sites is 2. The summed E-state index contributed by atoms with van der Waals surface area (Å²) in [5.74, 6) is 1.56. The number of hydrogen-bond acceptors (Lipinski definition) is 3. The molecule has 1 unspecified atom stereocenters. The van der Waals surface area contributed by atoms with Crippen molar-refractivity contribution < 1.29 is 4.74 Å². The molecule has 0 heterocycles. The monoisotopic (exact) mass is 250 g/mol. The summed E-state index contributed by atoms with van der Waals surface area (Å²) >= 11 is 0. The van der Waals surface area contributed by atoms with Crippen LogP contribution in [0.15, 0.2) is 24.3 Å². The summed E-state index contributed by atoms with van der Waals surface area (Å²) in [5.41, 5.74) is 1.15. The molecule has 0 saturated heterocycles. The molecule has 0 aliphatic rings. The zero-order chi connectivity index (χ0) is 13.4. The summed E-state index contributed by atoms with van der Waals surface area (Å²) in [5, 5.41) is 3.46. The highest BCUT2D eigenvalue weighted by molar-refractivity contribution is 5.57. The van der Waals surface area contributed by atoms with Crippen LogP contribution in [-0.4, -0.2) is 33.8 Å². The van der Waals surface area contributed by atoms with Gasteiger partial charge in [0.25, 0.3) is 0 Å². The van der Waals surface area contributed by atoms with E-state index in [1.165, 1.54) is 6.42 Å². The van der Waals surface area contributed by atoms with Gasteiger partial charge in [0.05, 0.1) is 12.8 Å². The van der Waals surface area contributed by atoms with Gasteiger partial charge in [-0.1, -0.05) is 26.0 Å². The first-order chi connectivity index (χ1) is 8.69. The summed E-state index contributed by atoms with van der Waals surface area (Å²) in [6, 6.07) is 8.16. The van der Waals surface area contributed by atoms with E-state index >= 15 is 0 Å². The molecule has 0 aromatic heterocycles. The van der Waals surface area contributed by atoms with E-state index in [0.29, 0.717) is 5.92 Å². The lowest BCUT2D eigenvalue weighted by Crippen LogP contribution is -2.31. The van der Waals surface area contributed by atoms with E-state index in [2.05, 4.69) is 37.2 Å². The minimum absolute atomic E-state index is 0.617. The summed E-state index contributed by atoms with van der Waals surface area (Å²) in [7, 11) is 3.84. The second kappa shape index (κ2) is 7.98. The van der Waals surface area contributed by atoms with Gasteiger partial charge in [0, 0.05) is 13.6 Å². The molecule has 0 aliphatic carbocycles. The highest BCUT2D eigenvalue weighted by Crippen LogP contribution is 2.26. The lowest BCUT2D eigenvalue weighted by Gasteiger charge is -2.25. The van der Waals surface area contributed by atoms with Crippen molar-refractivity contribution in [3.8, 4) is 5.75 Å². The Balaban J connectivity index is 2.51. The first-order valence-corrected chi connectivity index (χ1v) is 6.73. The fourth-order valence-electron chi connectivity index (χ4n) is 2.10. The average molecular weight is 250 g/mol. The van der Waals surface area contributed by atoms with Crippen LogP contribution in [0, 0.1) is 5.92 Å². The second-order valence-electron chi connectivity index (χ2n) is 4.86. The molecule has 0 bridgehead atoms. The minimum Gasteiger partial charge on any atom is -0.495 e. The van der Waals surface area contributed by atoms with Crippen LogP contribution in [-0.2, 0) is 0 Å². The Labute approximate surface area is 111 Å². The van der Waals surface area contributed by atoms with Gasteiger partial charge in [-0.15, -0.1) is 0 Å². The summed E-state index contributed by atoms with van der Waals surface area (Å²) in [4.78, 5) is 2.26. The number of benzene rings is 1. The number of rotatable bonds is 8. The van der Waals surface area contributed by atoms with Crippen LogP contribution in [0.25, 0.3) is 0 Å². The molecule has 3 nitrogen and oxygen atoms in total. The summed E-state index contributed by atoms with van der Waals surface area (Å²) < 4.78 is 5.39. The van der Waals surface area contributed by atoms with Gasteiger partial charge >= 0.3 is 0 Å². The van der Waals surface area contributed by atoms with E-state index in [1.807, 2.05) is 18.2 Å². The third-order valence-electron chi connectivity index (χ3n) is 3.00. The fourth-order valence-corrected chi connectivity index (χ4v) is 2.10. The molecule has 18 heavy (non-hydrogen) atoms. The van der Waals surface area contributed by atoms with E-state index in [1.54, 1.807) is 7.11 Å². The van der Waals surface area contributed by atoms with Crippen molar-refractivity contribution in [2.75, 3.05) is 38.7 Å². The second-order valence-corrected chi connectivity index (χ2v) is 4.86. The van der Waals surface area contributed by atoms with E-state index < -0.39 is 0 Å². The van der Waals surface area contributed by atoms with Crippen molar-refractivity contribution in [3.63, 3.8) is 0 Å². The third kappa shape index (κ3) is 4.57. The van der Waals surface area contributed by atoms with Crippen LogP contribution in [0.4, 0.5) is 5.69 Å². The van der Waals surface area contributed by atoms with Gasteiger partial charge in [-0.25, -0.2) is 0 Å². The molecule has 0 fully saturated rings. The molecule has 0 amide bonds. The Morgan fingerprint density at radius 2 is 2.06 bits per heavy atom. The minimum atomic E-state index is 0.617. The number of anilines is 1. The molecular formula is C15H26N2O. The Kier molecular flexibility index (Phi) is 6.58. The van der Waals surface area contributed by atoms with Crippen molar-refractivity contribution in [3.05, 3.63) is 24.3 Å². The van der Waals surface area contributed by atoms with Gasteiger partial charge in [-0.3, -0.25) is 0 Å². The van der Waals surface area contributed by atoms with E-state index in [0.717, 1.165) is 31.1 Å². The van der Waals surface area contributed by atoms with Crippen molar-refractivity contribution in [1.82, 2.24) is 5.32 Å². The number of ether oxygens (including phenoxy) is 1. The normalized spacial score (nSPS) is 12.2. The van der Waals surface area contributed by atoms with E-state index in [4.69, 9.17) is 4.74 Å². The highest BCUT2D eigenvalue weighted by Gasteiger charge is 2.10. The molecule has 0 radical (unpaired) electrons. The topological polar surface area (TPSA) is 24.5 Å². The van der Waals surface area contributed by atoms with Gasteiger partial charge in [-0.2, -0.15) is 0 Å². The highest BCUT2D eigenvalue weighted by atomic mass is 16.5. The van der Waals surface area contributed by atoms with Crippen LogP contribution >= 0.6 is 0 Å². The van der Waals surface area contributed by atoms with E-state index in [-0.39, 0.29) is 0 Å². The van der Waals surface area contributed by atoms with Crippen molar-refractivity contribution in [2.24, 2.45) is 5.92 Å². The molecule has 0 aliphatic heterocycles. The number of methoxy groups -OCH3 is 1. The molecule has 1 N–H and O–H groups in total. The number of hydrogen-bond donors (Lipinski definition) is 1. The SMILES string of the molecule is CCCNCC(C)CN(C)c1ccccc1OC. The lowest BCUT2D eigenvalue weighted by atomic mass is 10.1. The van der Waals surface area contributed by atoms with Crippen molar-refractivity contribution in [1.29, 1.82) is 0 Å². The molecule has 1 aromatic carbocycles. The molecule has 3 heteroatoms. The molecule has 1 aromatic rings. The van der Waals surface area contributed by atoms with Crippen molar-refractivity contribution >= 4 is 5.69 Å². The van der Waals surface area contributed by atoms with Crippen molar-refractivity contribution in [2.45, 2.75) is 20.3 Å². The molecular weight excluding hydrogens is 224 g/mol. The Morgan fingerprint density at radius 1 is 1.33 bits per heavy atom. The quantitative estimate of drug-likeness (QED) is 0.718. The molecule has 1 rings (SSSR count). The third-order valence-corrected chi connectivity index (χ3v) is 3.00. The maximum Gasteiger partial charge on any atom is 0.142 e. The Hall–Kier alpha value is -1.22. The van der Waals surface area contributed by atoms with Crippen LogP contribution in [0.5, 0.6) is 5.75 Å². The van der Waals surface area contributed by atoms with Gasteiger partial charge in [0.2, 0.25) is 0 Å².